The highest BCUT2D eigenvalue weighted by molar-refractivity contribution is 5.51. The van der Waals surface area contributed by atoms with Crippen molar-refractivity contribution in [3.05, 3.63) is 51.2 Å². The third kappa shape index (κ3) is 2.80. The number of ether oxygens (including phenoxy) is 1. The number of rotatable bonds is 3. The van der Waals surface area contributed by atoms with E-state index in [-0.39, 0.29) is 17.6 Å². The molecule has 8 nitrogen and oxygen atoms in total. The largest absolute Gasteiger partial charge is 0.377 e. The molecule has 8 heteroatoms. The van der Waals surface area contributed by atoms with Gasteiger partial charge >= 0.3 is 0 Å². The molecular weight excluding hydrogens is 344 g/mol. The number of aromatic nitrogens is 5. The second-order valence-electron chi connectivity index (χ2n) is 7.45. The van der Waals surface area contributed by atoms with E-state index in [1.54, 1.807) is 15.3 Å². The Hall–Kier alpha value is -2.74. The Morgan fingerprint density at radius 2 is 2.00 bits per heavy atom. The lowest BCUT2D eigenvalue weighted by Crippen LogP contribution is -2.38. The normalized spacial score (nSPS) is 21.7. The monoisotopic (exact) mass is 366 g/mol. The number of nitrogens with zero attached hydrogens (tertiary/aromatic N) is 5. The number of fused-ring (bicyclic) bond motifs is 2. The van der Waals surface area contributed by atoms with Crippen LogP contribution in [0.25, 0.3) is 5.65 Å². The van der Waals surface area contributed by atoms with Gasteiger partial charge in [-0.25, -0.2) is 9.67 Å². The summed E-state index contributed by atoms with van der Waals surface area (Å²) in [5.41, 5.74) is 4.71. The second-order valence-corrected chi connectivity index (χ2v) is 7.45. The molecule has 1 aliphatic heterocycles. The number of hydrogen-bond donors (Lipinski definition) is 1. The van der Waals surface area contributed by atoms with Gasteiger partial charge in [0.15, 0.2) is 5.65 Å². The third-order valence-corrected chi connectivity index (χ3v) is 5.36. The Bertz CT molecular complexity index is 1090. The first-order chi connectivity index (χ1) is 13.1. The van der Waals surface area contributed by atoms with E-state index in [0.717, 1.165) is 53.4 Å². The van der Waals surface area contributed by atoms with Gasteiger partial charge in [-0.1, -0.05) is 0 Å². The summed E-state index contributed by atoms with van der Waals surface area (Å²) in [5.74, 6) is 0.848. The Labute approximate surface area is 156 Å². The van der Waals surface area contributed by atoms with Crippen molar-refractivity contribution in [1.82, 2.24) is 24.4 Å². The van der Waals surface area contributed by atoms with Crippen molar-refractivity contribution in [1.29, 1.82) is 0 Å². The number of anilines is 1. The van der Waals surface area contributed by atoms with E-state index in [9.17, 15) is 4.79 Å². The van der Waals surface area contributed by atoms with Gasteiger partial charge in [-0.15, -0.1) is 0 Å². The van der Waals surface area contributed by atoms with Crippen LogP contribution in [0.15, 0.2) is 23.0 Å². The van der Waals surface area contributed by atoms with Gasteiger partial charge < -0.3 is 10.1 Å². The van der Waals surface area contributed by atoms with Gasteiger partial charge in [-0.3, -0.25) is 4.79 Å². The molecule has 140 valence electrons. The summed E-state index contributed by atoms with van der Waals surface area (Å²) in [6.45, 7) is 4.89. The van der Waals surface area contributed by atoms with E-state index in [1.807, 2.05) is 26.0 Å². The number of aryl methyl sites for hydroxylation is 4. The van der Waals surface area contributed by atoms with E-state index in [0.29, 0.717) is 13.2 Å². The predicted octanol–water partition coefficient (Wildman–Crippen LogP) is 1.44. The summed E-state index contributed by atoms with van der Waals surface area (Å²) < 4.78 is 9.12. The molecule has 1 saturated heterocycles. The van der Waals surface area contributed by atoms with Crippen molar-refractivity contribution in [3.8, 4) is 0 Å². The van der Waals surface area contributed by atoms with Crippen LogP contribution in [0.3, 0.4) is 0 Å². The standard InChI is InChI=1S/C19H22N6O2/c1-11-6-18(25-17(20-11)7-12(2)22-25)21-15-9-27-10-16(15)24-19(26)8-13-4-3-5-14(13)23-24/h6-8,15-16,21H,3-5,9-10H2,1-2H3. The fourth-order valence-electron chi connectivity index (χ4n) is 4.08. The molecule has 5 rings (SSSR count). The fourth-order valence-corrected chi connectivity index (χ4v) is 4.08. The Balaban J connectivity index is 1.50. The zero-order valence-corrected chi connectivity index (χ0v) is 15.5. The SMILES string of the molecule is Cc1cc(NC2COCC2n2nc3c(cc2=O)CCC3)n2nc(C)cc2n1. The minimum atomic E-state index is -0.149. The molecule has 2 atom stereocenters. The van der Waals surface area contributed by atoms with Gasteiger partial charge in [0.05, 0.1) is 30.6 Å². The molecule has 0 saturated carbocycles. The minimum absolute atomic E-state index is 0.0519. The number of hydrogen-bond acceptors (Lipinski definition) is 6. The summed E-state index contributed by atoms with van der Waals surface area (Å²) in [4.78, 5) is 17.1. The second kappa shape index (κ2) is 6.16. The molecule has 4 heterocycles. The van der Waals surface area contributed by atoms with E-state index < -0.39 is 0 Å². The van der Waals surface area contributed by atoms with Crippen molar-refractivity contribution < 1.29 is 4.74 Å². The zero-order chi connectivity index (χ0) is 18.5. The molecule has 2 aliphatic rings. The van der Waals surface area contributed by atoms with Crippen molar-refractivity contribution in [2.45, 2.75) is 45.2 Å². The summed E-state index contributed by atoms with van der Waals surface area (Å²) in [6.07, 6.45) is 2.97. The summed E-state index contributed by atoms with van der Waals surface area (Å²) in [7, 11) is 0. The average molecular weight is 366 g/mol. The average Bonchev–Trinajstić information content (AvgIpc) is 3.33. The maximum absolute atomic E-state index is 12.6. The smallest absolute Gasteiger partial charge is 0.267 e. The van der Waals surface area contributed by atoms with Crippen LogP contribution in [0.4, 0.5) is 5.82 Å². The highest BCUT2D eigenvalue weighted by Crippen LogP contribution is 2.24. The maximum Gasteiger partial charge on any atom is 0.267 e. The molecule has 3 aromatic rings. The van der Waals surface area contributed by atoms with Crippen LogP contribution in [-0.4, -0.2) is 43.6 Å². The van der Waals surface area contributed by atoms with Gasteiger partial charge in [-0.05, 0) is 38.7 Å². The van der Waals surface area contributed by atoms with Gasteiger partial charge in [0, 0.05) is 23.9 Å². The molecule has 1 N–H and O–H groups in total. The lowest BCUT2D eigenvalue weighted by molar-refractivity contribution is 0.182. The van der Waals surface area contributed by atoms with Crippen LogP contribution < -0.4 is 10.9 Å². The van der Waals surface area contributed by atoms with Crippen LogP contribution in [0.1, 0.15) is 35.1 Å². The molecule has 0 bridgehead atoms. The first-order valence-corrected chi connectivity index (χ1v) is 9.38. The van der Waals surface area contributed by atoms with E-state index in [2.05, 4.69) is 20.5 Å². The van der Waals surface area contributed by atoms with Crippen molar-refractivity contribution in [2.24, 2.45) is 0 Å². The highest BCUT2D eigenvalue weighted by Gasteiger charge is 2.33. The molecule has 0 radical (unpaired) electrons. The van der Waals surface area contributed by atoms with E-state index in [1.165, 1.54) is 0 Å². The molecule has 27 heavy (non-hydrogen) atoms. The van der Waals surface area contributed by atoms with Crippen LogP contribution >= 0.6 is 0 Å². The van der Waals surface area contributed by atoms with E-state index in [4.69, 9.17) is 4.74 Å². The van der Waals surface area contributed by atoms with Crippen LogP contribution in [0.2, 0.25) is 0 Å². The molecule has 1 aliphatic carbocycles. The summed E-state index contributed by atoms with van der Waals surface area (Å²) >= 11 is 0. The predicted molar refractivity (Wildman–Crippen MR) is 100 cm³/mol. The summed E-state index contributed by atoms with van der Waals surface area (Å²) in [6, 6.07) is 5.45. The van der Waals surface area contributed by atoms with Crippen molar-refractivity contribution in [3.63, 3.8) is 0 Å². The zero-order valence-electron chi connectivity index (χ0n) is 15.5. The Morgan fingerprint density at radius 1 is 1.11 bits per heavy atom. The van der Waals surface area contributed by atoms with Gasteiger partial charge in [-0.2, -0.15) is 14.7 Å². The molecule has 1 fully saturated rings. The van der Waals surface area contributed by atoms with Crippen LogP contribution in [-0.2, 0) is 17.6 Å². The topological polar surface area (TPSA) is 86.3 Å². The quantitative estimate of drug-likeness (QED) is 0.755. The summed E-state index contributed by atoms with van der Waals surface area (Å²) in [5, 5.41) is 12.7. The van der Waals surface area contributed by atoms with Gasteiger partial charge in [0.25, 0.3) is 5.56 Å². The first-order valence-electron chi connectivity index (χ1n) is 9.38. The molecule has 0 amide bonds. The fraction of sp³-hybridized carbons (Fsp3) is 0.474. The molecule has 2 unspecified atom stereocenters. The van der Waals surface area contributed by atoms with Crippen LogP contribution in [0.5, 0.6) is 0 Å². The van der Waals surface area contributed by atoms with Gasteiger partial charge in [0.1, 0.15) is 11.9 Å². The molecule has 0 spiro atoms. The molecule has 3 aromatic heterocycles. The first kappa shape index (κ1) is 16.4. The van der Waals surface area contributed by atoms with Crippen molar-refractivity contribution >= 4 is 11.5 Å². The highest BCUT2D eigenvalue weighted by atomic mass is 16.5. The lowest BCUT2D eigenvalue weighted by atomic mass is 10.1. The van der Waals surface area contributed by atoms with Crippen LogP contribution in [0, 0.1) is 13.8 Å². The third-order valence-electron chi connectivity index (χ3n) is 5.36. The lowest BCUT2D eigenvalue weighted by Gasteiger charge is -2.22. The van der Waals surface area contributed by atoms with Gasteiger partial charge in [0.2, 0.25) is 0 Å². The minimum Gasteiger partial charge on any atom is -0.377 e. The molecular formula is C19H22N6O2. The number of nitrogens with one attached hydrogen (secondary N) is 1. The Morgan fingerprint density at radius 3 is 2.89 bits per heavy atom. The van der Waals surface area contributed by atoms with E-state index >= 15 is 0 Å². The maximum atomic E-state index is 12.6. The van der Waals surface area contributed by atoms with Crippen molar-refractivity contribution in [2.75, 3.05) is 18.5 Å². The Kier molecular flexibility index (Phi) is 3.75. The molecule has 0 aromatic carbocycles.